The predicted octanol–water partition coefficient (Wildman–Crippen LogP) is 4.18. The molecule has 0 spiro atoms. The van der Waals surface area contributed by atoms with Gasteiger partial charge in [0.1, 0.15) is 0 Å². The molecule has 0 N–H and O–H groups in total. The third-order valence-corrected chi connectivity index (χ3v) is 3.23. The van der Waals surface area contributed by atoms with Crippen LogP contribution < -0.4 is 0 Å². The van der Waals surface area contributed by atoms with Gasteiger partial charge in [-0.05, 0) is 30.5 Å². The van der Waals surface area contributed by atoms with Crippen molar-refractivity contribution in [2.24, 2.45) is 0 Å². The van der Waals surface area contributed by atoms with Gasteiger partial charge in [0, 0.05) is 5.56 Å². The van der Waals surface area contributed by atoms with Crippen molar-refractivity contribution >= 4 is 5.78 Å². The quantitative estimate of drug-likeness (QED) is 0.765. The van der Waals surface area contributed by atoms with Crippen molar-refractivity contribution in [1.82, 2.24) is 0 Å². The van der Waals surface area contributed by atoms with Crippen LogP contribution in [-0.4, -0.2) is 5.78 Å². The highest BCUT2D eigenvalue weighted by Crippen LogP contribution is 2.23. The minimum Gasteiger partial charge on any atom is -0.295 e. The normalized spacial score (nSPS) is 11.6. The van der Waals surface area contributed by atoms with Crippen LogP contribution in [-0.2, 0) is 0 Å². The van der Waals surface area contributed by atoms with Crippen LogP contribution in [0.1, 0.15) is 35.7 Å². The molecule has 0 heterocycles. The van der Waals surface area contributed by atoms with E-state index in [0.717, 1.165) is 22.3 Å². The molecule has 2 aromatic rings. The van der Waals surface area contributed by atoms with E-state index in [1.54, 1.807) is 6.92 Å². The first-order valence-electron chi connectivity index (χ1n) is 6.23. The van der Waals surface area contributed by atoms with Crippen molar-refractivity contribution in [3.8, 4) is 17.2 Å². The van der Waals surface area contributed by atoms with Gasteiger partial charge in [0.15, 0.2) is 5.78 Å². The molecule has 0 saturated heterocycles. The van der Waals surface area contributed by atoms with Crippen molar-refractivity contribution in [2.75, 3.05) is 0 Å². The zero-order valence-corrected chi connectivity index (χ0v) is 11.1. The topological polar surface area (TPSA) is 40.9 Å². The average molecular weight is 249 g/mol. The maximum atomic E-state index is 11.2. The van der Waals surface area contributed by atoms with E-state index in [1.165, 1.54) is 0 Å². The Labute approximate surface area is 113 Å². The summed E-state index contributed by atoms with van der Waals surface area (Å²) in [5.41, 5.74) is 3.90. The van der Waals surface area contributed by atoms with Gasteiger partial charge in [0.2, 0.25) is 0 Å². The molecule has 2 rings (SSSR count). The Morgan fingerprint density at radius 1 is 1.00 bits per heavy atom. The number of carbonyl (C=O) groups is 1. The Morgan fingerprint density at radius 2 is 1.47 bits per heavy atom. The van der Waals surface area contributed by atoms with Gasteiger partial charge in [-0.2, -0.15) is 5.26 Å². The van der Waals surface area contributed by atoms with Gasteiger partial charge in [-0.15, -0.1) is 0 Å². The second kappa shape index (κ2) is 5.49. The number of rotatable bonds is 3. The van der Waals surface area contributed by atoms with Gasteiger partial charge < -0.3 is 0 Å². The first kappa shape index (κ1) is 13.0. The molecule has 0 saturated carbocycles. The zero-order valence-electron chi connectivity index (χ0n) is 11.1. The van der Waals surface area contributed by atoms with Gasteiger partial charge in [0.25, 0.3) is 0 Å². The lowest BCUT2D eigenvalue weighted by molar-refractivity contribution is 0.101. The van der Waals surface area contributed by atoms with E-state index in [2.05, 4.69) is 6.07 Å². The zero-order chi connectivity index (χ0) is 13.8. The first-order valence-corrected chi connectivity index (χ1v) is 6.23. The summed E-state index contributed by atoms with van der Waals surface area (Å²) in [4.78, 5) is 11.2. The average Bonchev–Trinajstić information content (AvgIpc) is 2.46. The summed E-state index contributed by atoms with van der Waals surface area (Å²) in [6, 6.07) is 17.7. The number of nitrogens with zero attached hydrogens (tertiary/aromatic N) is 1. The molecule has 0 radical (unpaired) electrons. The van der Waals surface area contributed by atoms with Crippen molar-refractivity contribution in [1.29, 1.82) is 5.26 Å². The minimum atomic E-state index is -0.0888. The molecular weight excluding hydrogens is 234 g/mol. The fourth-order valence-electron chi connectivity index (χ4n) is 1.94. The van der Waals surface area contributed by atoms with Gasteiger partial charge in [0.05, 0.1) is 12.0 Å². The van der Waals surface area contributed by atoms with Crippen LogP contribution in [0.5, 0.6) is 0 Å². The van der Waals surface area contributed by atoms with E-state index >= 15 is 0 Å². The van der Waals surface area contributed by atoms with Crippen LogP contribution in [0.2, 0.25) is 0 Å². The van der Waals surface area contributed by atoms with Gasteiger partial charge in [-0.25, -0.2) is 0 Å². The Kier molecular flexibility index (Phi) is 3.77. The summed E-state index contributed by atoms with van der Waals surface area (Å²) in [7, 11) is 0. The molecule has 0 aromatic heterocycles. The molecule has 2 heteroatoms. The Bertz CT molecular complexity index is 618. The van der Waals surface area contributed by atoms with Crippen molar-refractivity contribution in [3.05, 3.63) is 59.7 Å². The molecule has 2 aromatic carbocycles. The van der Waals surface area contributed by atoms with E-state index in [1.807, 2.05) is 55.5 Å². The smallest absolute Gasteiger partial charge is 0.159 e. The molecule has 19 heavy (non-hydrogen) atoms. The van der Waals surface area contributed by atoms with Gasteiger partial charge >= 0.3 is 0 Å². The second-order valence-corrected chi connectivity index (χ2v) is 4.61. The number of hydrogen-bond donors (Lipinski definition) is 0. The van der Waals surface area contributed by atoms with E-state index in [-0.39, 0.29) is 11.7 Å². The molecular formula is C17H15NO. The largest absolute Gasteiger partial charge is 0.295 e. The predicted molar refractivity (Wildman–Crippen MR) is 75.9 cm³/mol. The highest BCUT2D eigenvalue weighted by Gasteiger charge is 2.05. The summed E-state index contributed by atoms with van der Waals surface area (Å²) >= 11 is 0. The molecule has 1 unspecified atom stereocenters. The van der Waals surface area contributed by atoms with Gasteiger partial charge in [-0.1, -0.05) is 48.5 Å². The molecule has 0 aliphatic heterocycles. The molecule has 2 nitrogen and oxygen atoms in total. The third kappa shape index (κ3) is 2.89. The summed E-state index contributed by atoms with van der Waals surface area (Å²) in [5.74, 6) is -0.0149. The summed E-state index contributed by atoms with van der Waals surface area (Å²) in [5, 5.41) is 8.88. The van der Waals surface area contributed by atoms with Crippen LogP contribution in [0.15, 0.2) is 48.5 Å². The molecule has 0 amide bonds. The van der Waals surface area contributed by atoms with Crippen LogP contribution in [0.3, 0.4) is 0 Å². The minimum absolute atomic E-state index is 0.0738. The van der Waals surface area contributed by atoms with E-state index in [0.29, 0.717) is 0 Å². The van der Waals surface area contributed by atoms with Crippen molar-refractivity contribution in [2.45, 2.75) is 19.8 Å². The number of Topliss-reactive ketones (excluding diaryl/α,β-unsaturated/α-hetero) is 1. The van der Waals surface area contributed by atoms with E-state index < -0.39 is 0 Å². The molecule has 0 bridgehead atoms. The monoisotopic (exact) mass is 249 g/mol. The highest BCUT2D eigenvalue weighted by molar-refractivity contribution is 5.94. The van der Waals surface area contributed by atoms with Gasteiger partial charge in [-0.3, -0.25) is 4.79 Å². The fourth-order valence-corrected chi connectivity index (χ4v) is 1.94. The maximum absolute atomic E-state index is 11.2. The van der Waals surface area contributed by atoms with Crippen molar-refractivity contribution < 1.29 is 4.79 Å². The first-order chi connectivity index (χ1) is 9.11. The Morgan fingerprint density at radius 3 is 1.89 bits per heavy atom. The lowest BCUT2D eigenvalue weighted by atomic mass is 9.98. The van der Waals surface area contributed by atoms with Crippen LogP contribution in [0.4, 0.5) is 0 Å². The van der Waals surface area contributed by atoms with E-state index in [4.69, 9.17) is 5.26 Å². The fraction of sp³-hybridized carbons (Fsp3) is 0.176. The number of hydrogen-bond acceptors (Lipinski definition) is 2. The number of nitriles is 1. The summed E-state index contributed by atoms with van der Waals surface area (Å²) in [6.45, 7) is 3.45. The summed E-state index contributed by atoms with van der Waals surface area (Å²) in [6.07, 6.45) is 0. The molecule has 94 valence electrons. The Hall–Kier alpha value is -2.40. The molecule has 1 atom stereocenters. The SMILES string of the molecule is CC(=O)c1ccc(-c2ccc(C(C)C#N)cc2)cc1. The summed E-state index contributed by atoms with van der Waals surface area (Å²) < 4.78 is 0. The van der Waals surface area contributed by atoms with Crippen molar-refractivity contribution in [3.63, 3.8) is 0 Å². The Balaban J connectivity index is 2.27. The van der Waals surface area contributed by atoms with Crippen LogP contribution in [0.25, 0.3) is 11.1 Å². The van der Waals surface area contributed by atoms with Crippen LogP contribution >= 0.6 is 0 Å². The maximum Gasteiger partial charge on any atom is 0.159 e. The van der Waals surface area contributed by atoms with Crippen LogP contribution in [0, 0.1) is 11.3 Å². The second-order valence-electron chi connectivity index (χ2n) is 4.61. The standard InChI is InChI=1S/C17H15NO/c1-12(11-18)14-3-7-16(8-4-14)17-9-5-15(6-10-17)13(2)19/h3-10,12H,1-2H3. The number of ketones is 1. The molecule has 0 aliphatic rings. The molecule has 0 fully saturated rings. The molecule has 0 aliphatic carbocycles. The van der Waals surface area contributed by atoms with E-state index in [9.17, 15) is 4.79 Å². The highest BCUT2D eigenvalue weighted by atomic mass is 16.1. The lowest BCUT2D eigenvalue weighted by Gasteiger charge is -2.06. The number of carbonyl (C=O) groups excluding carboxylic acids is 1. The lowest BCUT2D eigenvalue weighted by Crippen LogP contribution is -1.91. The third-order valence-electron chi connectivity index (χ3n) is 3.23. The number of benzene rings is 2.